The molecule has 3 nitrogen and oxygen atoms in total. The summed E-state index contributed by atoms with van der Waals surface area (Å²) >= 11 is 3.49. The van der Waals surface area contributed by atoms with E-state index in [0.29, 0.717) is 0 Å². The Labute approximate surface area is 151 Å². The molecule has 0 spiro atoms. The van der Waals surface area contributed by atoms with Crippen LogP contribution in [-0.4, -0.2) is 5.97 Å². The van der Waals surface area contributed by atoms with E-state index in [1.54, 1.807) is 0 Å². The van der Waals surface area contributed by atoms with Crippen molar-refractivity contribution in [2.45, 2.75) is 39.8 Å². The number of anilines is 1. The summed E-state index contributed by atoms with van der Waals surface area (Å²) in [5, 5.41) is 3.65. The van der Waals surface area contributed by atoms with Crippen molar-refractivity contribution in [1.82, 2.24) is 0 Å². The highest BCUT2D eigenvalue weighted by atomic mass is 79.9. The second-order valence-corrected chi connectivity index (χ2v) is 7.95. The van der Waals surface area contributed by atoms with Gasteiger partial charge in [-0.3, -0.25) is 4.79 Å². The van der Waals surface area contributed by atoms with Gasteiger partial charge in [0.1, 0.15) is 6.10 Å². The van der Waals surface area contributed by atoms with Crippen LogP contribution >= 0.6 is 15.9 Å². The first-order valence-corrected chi connectivity index (χ1v) is 8.88. The third kappa shape index (κ3) is 3.07. The number of halogens is 1. The molecule has 1 N–H and O–H groups in total. The van der Waals surface area contributed by atoms with Crippen molar-refractivity contribution in [2.24, 2.45) is 5.41 Å². The van der Waals surface area contributed by atoms with Gasteiger partial charge in [0.05, 0.1) is 6.04 Å². The van der Waals surface area contributed by atoms with Crippen LogP contribution in [-0.2, 0) is 9.53 Å². The smallest absolute Gasteiger partial charge is 0.303 e. The number of rotatable bonds is 2. The van der Waals surface area contributed by atoms with Gasteiger partial charge in [-0.15, -0.1) is 0 Å². The summed E-state index contributed by atoms with van der Waals surface area (Å²) < 4.78 is 6.82. The second kappa shape index (κ2) is 6.25. The van der Waals surface area contributed by atoms with Gasteiger partial charge in [0.15, 0.2) is 0 Å². The molecule has 0 radical (unpaired) electrons. The van der Waals surface area contributed by atoms with Crippen molar-refractivity contribution in [1.29, 1.82) is 0 Å². The van der Waals surface area contributed by atoms with Crippen molar-refractivity contribution in [3.63, 3.8) is 0 Å². The number of carbonyl (C=O) groups excluding carboxylic acids is 1. The number of hydrogen-bond acceptors (Lipinski definition) is 3. The number of carbonyl (C=O) groups is 1. The van der Waals surface area contributed by atoms with Gasteiger partial charge < -0.3 is 10.1 Å². The van der Waals surface area contributed by atoms with Crippen LogP contribution in [0.3, 0.4) is 0 Å². The summed E-state index contributed by atoms with van der Waals surface area (Å²) in [5.74, 6) is -0.253. The standard InChI is InChI=1S/C20H22BrNO2/c1-12-5-10-17-16(11-12)19(24-13(2)23)20(3,4)18(22-17)14-6-8-15(21)9-7-14/h5-11,18-19,22H,1-4H3/t18-,19-/m0/s1. The van der Waals surface area contributed by atoms with Crippen LogP contribution in [0.5, 0.6) is 0 Å². The maximum Gasteiger partial charge on any atom is 0.303 e. The highest BCUT2D eigenvalue weighted by Gasteiger charge is 2.45. The van der Waals surface area contributed by atoms with E-state index < -0.39 is 0 Å². The molecule has 0 aliphatic carbocycles. The average Bonchev–Trinajstić information content (AvgIpc) is 2.51. The molecule has 3 rings (SSSR count). The minimum Gasteiger partial charge on any atom is -0.457 e. The van der Waals surface area contributed by atoms with Crippen molar-refractivity contribution >= 4 is 27.6 Å². The third-order valence-corrected chi connectivity index (χ3v) is 5.22. The summed E-state index contributed by atoms with van der Waals surface area (Å²) in [6.07, 6.45) is -0.292. The molecule has 24 heavy (non-hydrogen) atoms. The molecular weight excluding hydrogens is 366 g/mol. The highest BCUT2D eigenvalue weighted by Crippen LogP contribution is 2.53. The fraction of sp³-hybridized carbons (Fsp3) is 0.350. The minimum atomic E-state index is -0.292. The Kier molecular flexibility index (Phi) is 4.43. The van der Waals surface area contributed by atoms with Crippen molar-refractivity contribution in [3.8, 4) is 0 Å². The number of hydrogen-bond donors (Lipinski definition) is 1. The van der Waals surface area contributed by atoms with E-state index >= 15 is 0 Å². The third-order valence-electron chi connectivity index (χ3n) is 4.70. The molecule has 4 heteroatoms. The molecule has 0 fully saturated rings. The first-order valence-electron chi connectivity index (χ1n) is 8.09. The van der Waals surface area contributed by atoms with Gasteiger partial charge in [-0.1, -0.05) is 59.6 Å². The molecule has 0 aromatic heterocycles. The fourth-order valence-electron chi connectivity index (χ4n) is 3.47. The Morgan fingerprint density at radius 2 is 1.83 bits per heavy atom. The van der Waals surface area contributed by atoms with Crippen LogP contribution in [0.15, 0.2) is 46.9 Å². The van der Waals surface area contributed by atoms with E-state index in [4.69, 9.17) is 4.74 Å². The van der Waals surface area contributed by atoms with Gasteiger partial charge in [-0.2, -0.15) is 0 Å². The number of fused-ring (bicyclic) bond motifs is 1. The van der Waals surface area contributed by atoms with Crippen LogP contribution in [0.2, 0.25) is 0 Å². The van der Waals surface area contributed by atoms with Crippen LogP contribution < -0.4 is 5.32 Å². The Balaban J connectivity index is 2.11. The summed E-state index contributed by atoms with van der Waals surface area (Å²) in [6.45, 7) is 7.82. The second-order valence-electron chi connectivity index (χ2n) is 7.03. The molecule has 1 aliphatic rings. The van der Waals surface area contributed by atoms with Crippen molar-refractivity contribution in [3.05, 3.63) is 63.6 Å². The molecule has 2 atom stereocenters. The van der Waals surface area contributed by atoms with Gasteiger partial charge in [-0.25, -0.2) is 0 Å². The lowest BCUT2D eigenvalue weighted by atomic mass is 9.70. The molecule has 0 saturated heterocycles. The molecule has 1 aliphatic heterocycles. The predicted octanol–water partition coefficient (Wildman–Crippen LogP) is 5.55. The van der Waals surface area contributed by atoms with Crippen molar-refractivity contribution < 1.29 is 9.53 Å². The molecule has 2 aromatic carbocycles. The Morgan fingerprint density at radius 3 is 2.46 bits per heavy atom. The molecule has 1 heterocycles. The minimum absolute atomic E-state index is 0.0464. The van der Waals surface area contributed by atoms with Gasteiger partial charge in [0.25, 0.3) is 0 Å². The number of nitrogens with one attached hydrogen (secondary N) is 1. The van der Waals surface area contributed by atoms with Gasteiger partial charge >= 0.3 is 5.97 Å². The largest absolute Gasteiger partial charge is 0.457 e. The van der Waals surface area contributed by atoms with E-state index in [0.717, 1.165) is 21.3 Å². The Morgan fingerprint density at radius 1 is 1.17 bits per heavy atom. The Bertz CT molecular complexity index is 768. The first-order chi connectivity index (χ1) is 11.3. The van der Waals surface area contributed by atoms with Gasteiger partial charge in [0.2, 0.25) is 0 Å². The van der Waals surface area contributed by atoms with E-state index in [-0.39, 0.29) is 23.5 Å². The summed E-state index contributed by atoms with van der Waals surface area (Å²) in [7, 11) is 0. The van der Waals surface area contributed by atoms with Gasteiger partial charge in [0, 0.05) is 28.1 Å². The number of benzene rings is 2. The van der Waals surface area contributed by atoms with E-state index in [9.17, 15) is 4.79 Å². The lowest BCUT2D eigenvalue weighted by Crippen LogP contribution is -2.40. The quantitative estimate of drug-likeness (QED) is 0.685. The zero-order valence-electron chi connectivity index (χ0n) is 14.4. The predicted molar refractivity (Wildman–Crippen MR) is 100.0 cm³/mol. The van der Waals surface area contributed by atoms with Crippen LogP contribution in [0, 0.1) is 12.3 Å². The molecule has 126 valence electrons. The molecule has 0 bridgehead atoms. The highest BCUT2D eigenvalue weighted by molar-refractivity contribution is 9.10. The molecule has 2 aromatic rings. The average molecular weight is 388 g/mol. The summed E-state index contributed by atoms with van der Waals surface area (Å²) in [4.78, 5) is 11.7. The maximum absolute atomic E-state index is 11.7. The molecular formula is C20H22BrNO2. The maximum atomic E-state index is 11.7. The van der Waals surface area contributed by atoms with E-state index in [1.165, 1.54) is 12.5 Å². The fourth-order valence-corrected chi connectivity index (χ4v) is 3.74. The van der Waals surface area contributed by atoms with E-state index in [1.807, 2.05) is 12.1 Å². The van der Waals surface area contributed by atoms with Crippen molar-refractivity contribution in [2.75, 3.05) is 5.32 Å². The molecule has 0 unspecified atom stereocenters. The zero-order chi connectivity index (χ0) is 17.5. The summed E-state index contributed by atoms with van der Waals surface area (Å²) in [5.41, 5.74) is 4.11. The van der Waals surface area contributed by atoms with Gasteiger partial charge in [-0.05, 0) is 30.7 Å². The van der Waals surface area contributed by atoms with E-state index in [2.05, 4.69) is 72.3 Å². The first kappa shape index (κ1) is 17.0. The normalized spacial score (nSPS) is 21.5. The molecule has 0 saturated carbocycles. The number of aryl methyl sites for hydroxylation is 1. The topological polar surface area (TPSA) is 38.3 Å². The lowest BCUT2D eigenvalue weighted by molar-refractivity contribution is -0.154. The molecule has 0 amide bonds. The van der Waals surface area contributed by atoms with Crippen LogP contribution in [0.4, 0.5) is 5.69 Å². The summed E-state index contributed by atoms with van der Waals surface area (Å²) in [6, 6.07) is 14.6. The monoisotopic (exact) mass is 387 g/mol. The Hall–Kier alpha value is -1.81. The number of ether oxygens (including phenoxy) is 1. The van der Waals surface area contributed by atoms with Crippen LogP contribution in [0.1, 0.15) is 49.6 Å². The SMILES string of the molecule is CC(=O)O[C@H]1c2cc(C)ccc2N[C@@H](c2ccc(Br)cc2)C1(C)C. The zero-order valence-corrected chi connectivity index (χ0v) is 16.0. The van der Waals surface area contributed by atoms with Crippen LogP contribution in [0.25, 0.3) is 0 Å². The lowest BCUT2D eigenvalue weighted by Gasteiger charge is -2.46. The number of esters is 1.